The van der Waals surface area contributed by atoms with Crippen LogP contribution in [-0.4, -0.2) is 29.4 Å². The number of aldehydes is 1. The van der Waals surface area contributed by atoms with Gasteiger partial charge in [-0.3, -0.25) is 14.9 Å². The highest BCUT2D eigenvalue weighted by Gasteiger charge is 2.11. The van der Waals surface area contributed by atoms with E-state index in [1.807, 2.05) is 0 Å². The number of carbonyl (C=O) groups excluding carboxylic acids is 2. The van der Waals surface area contributed by atoms with Crippen molar-refractivity contribution in [3.8, 4) is 0 Å². The van der Waals surface area contributed by atoms with Crippen LogP contribution in [0.2, 0.25) is 0 Å². The predicted molar refractivity (Wildman–Crippen MR) is 36.5 cm³/mol. The van der Waals surface area contributed by atoms with Gasteiger partial charge >= 0.3 is 6.34 Å². The molecule has 11 heavy (non-hydrogen) atoms. The van der Waals surface area contributed by atoms with Crippen molar-refractivity contribution in [2.45, 2.75) is 12.5 Å². The van der Waals surface area contributed by atoms with Gasteiger partial charge in [0.2, 0.25) is 5.91 Å². The molecule has 0 aromatic rings. The number of primary amides is 1. The molecule has 0 spiro atoms. The smallest absolute Gasteiger partial charge is 0.315 e. The lowest BCUT2D eigenvalue weighted by molar-refractivity contribution is -0.120. The predicted octanol–water partition coefficient (Wildman–Crippen LogP) is -1.72. The molecular formula is C5H8N4O2. The van der Waals surface area contributed by atoms with Crippen molar-refractivity contribution < 1.29 is 14.4 Å². The summed E-state index contributed by atoms with van der Waals surface area (Å²) in [6, 6.07) is -0.719. The molecule has 0 saturated carbocycles. The molecule has 1 atom stereocenters. The van der Waals surface area contributed by atoms with Gasteiger partial charge in [-0.2, -0.15) is 0 Å². The quantitative estimate of drug-likeness (QED) is 0.162. The molecule has 0 saturated heterocycles. The summed E-state index contributed by atoms with van der Waals surface area (Å²) >= 11 is 0. The zero-order valence-corrected chi connectivity index (χ0v) is 5.73. The van der Waals surface area contributed by atoms with Crippen molar-refractivity contribution in [1.29, 1.82) is 0 Å². The average Bonchev–Trinajstić information content (AvgIpc) is 1.97. The van der Waals surface area contributed by atoms with Crippen molar-refractivity contribution in [1.82, 2.24) is 5.32 Å². The minimum Gasteiger partial charge on any atom is -0.498 e. The molecule has 0 bridgehead atoms. The third-order valence-corrected chi connectivity index (χ3v) is 0.932. The molecule has 0 radical (unpaired) electrons. The maximum absolute atomic E-state index is 10.2. The van der Waals surface area contributed by atoms with Crippen molar-refractivity contribution >= 4 is 18.5 Å². The SMILES string of the molecule is [N-]=[N+]=CN[C@H](C=O)CC(N)=O. The number of carbonyl (C=O) groups is 2. The largest absolute Gasteiger partial charge is 0.498 e. The second-order valence-corrected chi connectivity index (χ2v) is 1.82. The van der Waals surface area contributed by atoms with E-state index in [0.717, 1.165) is 6.34 Å². The van der Waals surface area contributed by atoms with Gasteiger partial charge in [0, 0.05) is 0 Å². The Kier molecular flexibility index (Phi) is 4.35. The number of rotatable bonds is 5. The van der Waals surface area contributed by atoms with E-state index in [1.165, 1.54) is 0 Å². The molecule has 6 heteroatoms. The Morgan fingerprint density at radius 2 is 2.45 bits per heavy atom. The van der Waals surface area contributed by atoms with Crippen LogP contribution in [0.3, 0.4) is 0 Å². The van der Waals surface area contributed by atoms with Crippen molar-refractivity contribution in [3.63, 3.8) is 0 Å². The molecule has 0 fully saturated rings. The van der Waals surface area contributed by atoms with E-state index >= 15 is 0 Å². The third-order valence-electron chi connectivity index (χ3n) is 0.932. The van der Waals surface area contributed by atoms with Gasteiger partial charge in [-0.1, -0.05) is 0 Å². The first-order chi connectivity index (χ1) is 5.20. The number of nitrogens with one attached hydrogen (secondary N) is 1. The normalized spacial score (nSPS) is 10.9. The highest BCUT2D eigenvalue weighted by molar-refractivity contribution is 5.79. The van der Waals surface area contributed by atoms with Crippen LogP contribution in [0.5, 0.6) is 0 Å². The van der Waals surface area contributed by atoms with Gasteiger partial charge < -0.3 is 16.1 Å². The molecule has 0 aromatic heterocycles. The summed E-state index contributed by atoms with van der Waals surface area (Å²) in [7, 11) is 0. The van der Waals surface area contributed by atoms with E-state index in [9.17, 15) is 9.59 Å². The van der Waals surface area contributed by atoms with Gasteiger partial charge in [-0.25, -0.2) is 0 Å². The molecule has 0 aliphatic heterocycles. The van der Waals surface area contributed by atoms with Gasteiger partial charge in [-0.15, -0.1) is 0 Å². The molecule has 0 heterocycles. The number of amides is 1. The molecule has 3 N–H and O–H groups in total. The summed E-state index contributed by atoms with van der Waals surface area (Å²) in [4.78, 5) is 23.0. The second-order valence-electron chi connectivity index (χ2n) is 1.82. The molecule has 0 aromatic carbocycles. The molecule has 6 nitrogen and oxygen atoms in total. The molecule has 0 rings (SSSR count). The van der Waals surface area contributed by atoms with E-state index in [-0.39, 0.29) is 6.42 Å². The lowest BCUT2D eigenvalue weighted by Gasteiger charge is -1.98. The molecule has 0 unspecified atom stereocenters. The van der Waals surface area contributed by atoms with Crippen LogP contribution in [0.25, 0.3) is 5.53 Å². The first kappa shape index (κ1) is 9.32. The van der Waals surface area contributed by atoms with Crippen LogP contribution in [0.4, 0.5) is 0 Å². The average molecular weight is 156 g/mol. The van der Waals surface area contributed by atoms with Gasteiger partial charge in [0.15, 0.2) is 12.3 Å². The monoisotopic (exact) mass is 156 g/mol. The minimum absolute atomic E-state index is 0.116. The van der Waals surface area contributed by atoms with Crippen LogP contribution < -0.4 is 11.1 Å². The van der Waals surface area contributed by atoms with E-state index in [1.54, 1.807) is 0 Å². The van der Waals surface area contributed by atoms with Gasteiger partial charge in [0.25, 0.3) is 0 Å². The zero-order chi connectivity index (χ0) is 8.69. The Hall–Kier alpha value is -1.68. The highest BCUT2D eigenvalue weighted by Crippen LogP contribution is 1.83. The summed E-state index contributed by atoms with van der Waals surface area (Å²) in [5.74, 6) is -0.596. The lowest BCUT2D eigenvalue weighted by Crippen LogP contribution is -2.34. The van der Waals surface area contributed by atoms with Crippen LogP contribution in [0.15, 0.2) is 0 Å². The molecule has 0 aliphatic rings. The summed E-state index contributed by atoms with van der Waals surface area (Å²) in [6.45, 7) is 0. The zero-order valence-electron chi connectivity index (χ0n) is 5.73. The fraction of sp³-hybridized carbons (Fsp3) is 0.400. The molecule has 60 valence electrons. The van der Waals surface area contributed by atoms with Crippen LogP contribution in [-0.2, 0) is 9.59 Å². The lowest BCUT2D eigenvalue weighted by atomic mass is 10.2. The maximum atomic E-state index is 10.2. The summed E-state index contributed by atoms with van der Waals surface area (Å²) in [5.41, 5.74) is 12.7. The van der Waals surface area contributed by atoms with E-state index in [4.69, 9.17) is 11.3 Å². The van der Waals surface area contributed by atoms with Crippen molar-refractivity contribution in [2.75, 3.05) is 0 Å². The Bertz CT molecular complexity index is 193. The Labute approximate surface area is 63.0 Å². The van der Waals surface area contributed by atoms with Crippen LogP contribution in [0, 0.1) is 0 Å². The first-order valence-electron chi connectivity index (χ1n) is 2.86. The van der Waals surface area contributed by atoms with Crippen molar-refractivity contribution in [3.05, 3.63) is 5.53 Å². The maximum Gasteiger partial charge on any atom is 0.315 e. The summed E-state index contributed by atoms with van der Waals surface area (Å²) in [6.07, 6.45) is 1.30. The van der Waals surface area contributed by atoms with Crippen LogP contribution >= 0.6 is 0 Å². The van der Waals surface area contributed by atoms with Crippen molar-refractivity contribution in [2.24, 2.45) is 5.73 Å². The number of nitrogens with two attached hydrogens (primary N) is 1. The highest BCUT2D eigenvalue weighted by atomic mass is 16.1. The van der Waals surface area contributed by atoms with E-state index in [0.29, 0.717) is 6.29 Å². The fourth-order valence-corrected chi connectivity index (χ4v) is 0.492. The Balaban J connectivity index is 3.84. The molecule has 1 amide bonds. The molecule has 0 aliphatic carbocycles. The van der Waals surface area contributed by atoms with Gasteiger partial charge in [0.1, 0.15) is 0 Å². The van der Waals surface area contributed by atoms with Gasteiger partial charge in [-0.05, 0) is 0 Å². The van der Waals surface area contributed by atoms with E-state index in [2.05, 4.69) is 10.1 Å². The Morgan fingerprint density at radius 1 is 1.82 bits per heavy atom. The topological polar surface area (TPSA) is 109 Å². The number of nitrogens with zero attached hydrogens (tertiary/aromatic N) is 2. The first-order valence-corrected chi connectivity index (χ1v) is 2.86. The van der Waals surface area contributed by atoms with Crippen LogP contribution in [0.1, 0.15) is 6.42 Å². The second kappa shape index (κ2) is 5.13. The number of hydrogen-bond acceptors (Lipinski definition) is 2. The van der Waals surface area contributed by atoms with E-state index < -0.39 is 11.9 Å². The number of hydrogen-bond donors (Lipinski definition) is 2. The summed E-state index contributed by atoms with van der Waals surface area (Å²) in [5, 5.41) is 2.34. The minimum atomic E-state index is -0.719. The summed E-state index contributed by atoms with van der Waals surface area (Å²) < 4.78 is 0. The standard InChI is InChI=1S/C5H8N4O2/c6-5(11)1-4(2-10)8-3-9-7/h2-4,8H,1H2,(H2,6,11)/t4-/m0/s1. The fourth-order valence-electron chi connectivity index (χ4n) is 0.492. The Morgan fingerprint density at radius 3 is 2.82 bits per heavy atom. The third kappa shape index (κ3) is 4.80. The molecular weight excluding hydrogens is 148 g/mol. The van der Waals surface area contributed by atoms with Gasteiger partial charge in [0.05, 0.1) is 6.42 Å².